The zero-order valence-electron chi connectivity index (χ0n) is 13.5. The Bertz CT molecular complexity index is 441. The highest BCUT2D eigenvalue weighted by molar-refractivity contribution is 5.48. The number of aliphatic hydroxyl groups is 1. The Hall–Kier alpha value is -1.06. The van der Waals surface area contributed by atoms with Gasteiger partial charge in [-0.3, -0.25) is 0 Å². The lowest BCUT2D eigenvalue weighted by molar-refractivity contribution is 0.141. The largest absolute Gasteiger partial charge is 0.493 e. The molecule has 114 valence electrons. The Morgan fingerprint density at radius 2 is 1.90 bits per heavy atom. The van der Waals surface area contributed by atoms with Gasteiger partial charge in [-0.1, -0.05) is 6.92 Å². The van der Waals surface area contributed by atoms with Crippen LogP contribution >= 0.6 is 0 Å². The van der Waals surface area contributed by atoms with Crippen LogP contribution in [-0.4, -0.2) is 23.9 Å². The van der Waals surface area contributed by atoms with E-state index in [1.54, 1.807) is 0 Å². The third kappa shape index (κ3) is 4.22. The van der Waals surface area contributed by atoms with E-state index in [0.29, 0.717) is 6.42 Å². The molecule has 0 heterocycles. The molecule has 0 aliphatic carbocycles. The molecule has 0 radical (unpaired) electrons. The average Bonchev–Trinajstić information content (AvgIpc) is 2.40. The maximum Gasteiger partial charge on any atom is 0.122 e. The Balaban J connectivity index is 2.90. The SMILES string of the molecule is CCCOc1cc(C)c(CCC(O)C(C)N)c(C)c1C. The maximum atomic E-state index is 9.86. The molecule has 0 bridgehead atoms. The van der Waals surface area contributed by atoms with Crippen molar-refractivity contribution in [3.05, 3.63) is 28.3 Å². The molecule has 2 unspecified atom stereocenters. The first-order valence-corrected chi connectivity index (χ1v) is 7.54. The summed E-state index contributed by atoms with van der Waals surface area (Å²) in [5.41, 5.74) is 10.7. The molecule has 20 heavy (non-hydrogen) atoms. The van der Waals surface area contributed by atoms with Crippen LogP contribution in [0.2, 0.25) is 0 Å². The van der Waals surface area contributed by atoms with Gasteiger partial charge < -0.3 is 15.6 Å². The molecule has 2 atom stereocenters. The fourth-order valence-electron chi connectivity index (χ4n) is 2.40. The normalized spacial score (nSPS) is 14.2. The van der Waals surface area contributed by atoms with E-state index >= 15 is 0 Å². The summed E-state index contributed by atoms with van der Waals surface area (Å²) in [4.78, 5) is 0. The van der Waals surface area contributed by atoms with Crippen molar-refractivity contribution < 1.29 is 9.84 Å². The second kappa shape index (κ2) is 7.65. The fraction of sp³-hybridized carbons (Fsp3) is 0.647. The quantitative estimate of drug-likeness (QED) is 0.806. The van der Waals surface area contributed by atoms with E-state index < -0.39 is 6.10 Å². The summed E-state index contributed by atoms with van der Waals surface area (Å²) in [6.07, 6.45) is 2.13. The van der Waals surface area contributed by atoms with Gasteiger partial charge in [0.2, 0.25) is 0 Å². The minimum absolute atomic E-state index is 0.177. The monoisotopic (exact) mass is 279 g/mol. The van der Waals surface area contributed by atoms with Crippen LogP contribution in [0.25, 0.3) is 0 Å². The average molecular weight is 279 g/mol. The number of ether oxygens (including phenoxy) is 1. The molecule has 0 saturated heterocycles. The summed E-state index contributed by atoms with van der Waals surface area (Å²) < 4.78 is 5.80. The highest BCUT2D eigenvalue weighted by Crippen LogP contribution is 2.29. The van der Waals surface area contributed by atoms with Crippen LogP contribution in [0, 0.1) is 20.8 Å². The predicted octanol–water partition coefficient (Wildman–Crippen LogP) is 3.04. The van der Waals surface area contributed by atoms with E-state index in [1.807, 2.05) is 6.92 Å². The zero-order chi connectivity index (χ0) is 15.3. The molecule has 3 heteroatoms. The summed E-state index contributed by atoms with van der Waals surface area (Å²) in [6, 6.07) is 1.94. The molecular weight excluding hydrogens is 250 g/mol. The second-order valence-corrected chi connectivity index (χ2v) is 5.73. The fourth-order valence-corrected chi connectivity index (χ4v) is 2.40. The number of hydrogen-bond acceptors (Lipinski definition) is 3. The van der Waals surface area contributed by atoms with Crippen molar-refractivity contribution in [1.29, 1.82) is 0 Å². The van der Waals surface area contributed by atoms with Gasteiger partial charge in [0.25, 0.3) is 0 Å². The van der Waals surface area contributed by atoms with Gasteiger partial charge >= 0.3 is 0 Å². The van der Waals surface area contributed by atoms with Crippen LogP contribution in [0.1, 0.15) is 48.9 Å². The van der Waals surface area contributed by atoms with E-state index in [4.69, 9.17) is 10.5 Å². The van der Waals surface area contributed by atoms with E-state index in [0.717, 1.165) is 25.2 Å². The lowest BCUT2D eigenvalue weighted by atomic mass is 9.92. The van der Waals surface area contributed by atoms with Gasteiger partial charge in [0, 0.05) is 6.04 Å². The minimum Gasteiger partial charge on any atom is -0.493 e. The lowest BCUT2D eigenvalue weighted by Gasteiger charge is -2.19. The van der Waals surface area contributed by atoms with Gasteiger partial charge in [-0.2, -0.15) is 0 Å². The molecule has 3 N–H and O–H groups in total. The van der Waals surface area contributed by atoms with E-state index in [-0.39, 0.29) is 6.04 Å². The van der Waals surface area contributed by atoms with Crippen molar-refractivity contribution in [2.75, 3.05) is 6.61 Å². The van der Waals surface area contributed by atoms with Gasteiger partial charge in [0.15, 0.2) is 0 Å². The van der Waals surface area contributed by atoms with Gasteiger partial charge in [0.05, 0.1) is 12.7 Å². The van der Waals surface area contributed by atoms with Crippen LogP contribution in [-0.2, 0) is 6.42 Å². The molecular formula is C17H29NO2. The van der Waals surface area contributed by atoms with Crippen LogP contribution in [0.5, 0.6) is 5.75 Å². The number of hydrogen-bond donors (Lipinski definition) is 2. The van der Waals surface area contributed by atoms with Crippen LogP contribution < -0.4 is 10.5 Å². The Kier molecular flexibility index (Phi) is 6.50. The van der Waals surface area contributed by atoms with Gasteiger partial charge in [-0.05, 0) is 75.3 Å². The van der Waals surface area contributed by atoms with E-state index in [9.17, 15) is 5.11 Å². The molecule has 0 spiro atoms. The van der Waals surface area contributed by atoms with Gasteiger partial charge in [-0.15, -0.1) is 0 Å². The van der Waals surface area contributed by atoms with Gasteiger partial charge in [0.1, 0.15) is 5.75 Å². The first-order chi connectivity index (χ1) is 9.38. The first-order valence-electron chi connectivity index (χ1n) is 7.54. The second-order valence-electron chi connectivity index (χ2n) is 5.73. The predicted molar refractivity (Wildman–Crippen MR) is 84.4 cm³/mol. The number of aryl methyl sites for hydroxylation is 1. The summed E-state index contributed by atoms with van der Waals surface area (Å²) in [7, 11) is 0. The Labute approximate surface area is 123 Å². The van der Waals surface area contributed by atoms with Crippen molar-refractivity contribution in [2.24, 2.45) is 5.73 Å². The van der Waals surface area contributed by atoms with Crippen molar-refractivity contribution in [2.45, 2.75) is 66.0 Å². The van der Waals surface area contributed by atoms with Crippen LogP contribution in [0.15, 0.2) is 6.07 Å². The number of nitrogens with two attached hydrogens (primary N) is 1. The molecule has 3 nitrogen and oxygen atoms in total. The summed E-state index contributed by atoms with van der Waals surface area (Å²) in [5, 5.41) is 9.86. The first kappa shape index (κ1) is 17.0. The number of benzene rings is 1. The molecule has 0 saturated carbocycles. The van der Waals surface area contributed by atoms with Crippen molar-refractivity contribution in [3.63, 3.8) is 0 Å². The molecule has 1 aromatic rings. The molecule has 0 aliphatic heterocycles. The molecule has 0 aliphatic rings. The van der Waals surface area contributed by atoms with Crippen LogP contribution in [0.3, 0.4) is 0 Å². The highest BCUT2D eigenvalue weighted by atomic mass is 16.5. The summed E-state index contributed by atoms with van der Waals surface area (Å²) in [6.45, 7) is 11.1. The Morgan fingerprint density at radius 3 is 2.45 bits per heavy atom. The number of rotatable bonds is 7. The summed E-state index contributed by atoms with van der Waals surface area (Å²) >= 11 is 0. The third-order valence-electron chi connectivity index (χ3n) is 3.97. The standard InChI is InChI=1S/C17H29NO2/c1-6-9-20-17-10-11(2)15(12(3)13(17)4)7-8-16(19)14(5)18/h10,14,16,19H,6-9,18H2,1-5H3. The maximum absolute atomic E-state index is 9.86. The van der Waals surface area contributed by atoms with E-state index in [1.165, 1.54) is 22.3 Å². The molecule has 1 aromatic carbocycles. The minimum atomic E-state index is -0.440. The highest BCUT2D eigenvalue weighted by Gasteiger charge is 2.14. The lowest BCUT2D eigenvalue weighted by Crippen LogP contribution is -2.31. The molecule has 0 aromatic heterocycles. The van der Waals surface area contributed by atoms with Crippen LogP contribution in [0.4, 0.5) is 0 Å². The topological polar surface area (TPSA) is 55.5 Å². The number of aliphatic hydroxyl groups excluding tert-OH is 1. The third-order valence-corrected chi connectivity index (χ3v) is 3.97. The smallest absolute Gasteiger partial charge is 0.122 e. The zero-order valence-corrected chi connectivity index (χ0v) is 13.5. The van der Waals surface area contributed by atoms with Gasteiger partial charge in [-0.25, -0.2) is 0 Å². The van der Waals surface area contributed by atoms with Crippen molar-refractivity contribution in [1.82, 2.24) is 0 Å². The van der Waals surface area contributed by atoms with E-state index in [2.05, 4.69) is 33.8 Å². The molecule has 1 rings (SSSR count). The summed E-state index contributed by atoms with van der Waals surface area (Å²) in [5.74, 6) is 0.985. The van der Waals surface area contributed by atoms with Crippen molar-refractivity contribution >= 4 is 0 Å². The molecule has 0 fully saturated rings. The molecule has 0 amide bonds. The Morgan fingerprint density at radius 1 is 1.25 bits per heavy atom. The van der Waals surface area contributed by atoms with Crippen molar-refractivity contribution in [3.8, 4) is 5.75 Å².